The van der Waals surface area contributed by atoms with Gasteiger partial charge < -0.3 is 4.74 Å². The monoisotopic (exact) mass is 380 g/mol. The predicted octanol–water partition coefficient (Wildman–Crippen LogP) is 6.33. The summed E-state index contributed by atoms with van der Waals surface area (Å²) in [4.78, 5) is 35.2. The number of unbranched alkanes of at least 4 members (excludes halogenated alkanes) is 2. The summed E-state index contributed by atoms with van der Waals surface area (Å²) in [6.07, 6.45) is 3.35. The normalized spacial score (nSPS) is 13.9. The van der Waals surface area contributed by atoms with E-state index < -0.39 is 11.5 Å². The largest absolute Gasteiger partial charge is 0.482 e. The third-order valence-corrected chi connectivity index (χ3v) is 5.24. The first-order valence-corrected chi connectivity index (χ1v) is 9.55. The molecule has 0 unspecified atom stereocenters. The van der Waals surface area contributed by atoms with Gasteiger partial charge in [-0.05, 0) is 56.0 Å². The second kappa shape index (κ2) is 7.62. The van der Waals surface area contributed by atoms with Crippen molar-refractivity contribution in [3.63, 3.8) is 0 Å². The highest BCUT2D eigenvalue weighted by atomic mass is 16.5. The quantitative estimate of drug-likeness (QED) is 0.433. The first kappa shape index (κ1) is 19.9. The van der Waals surface area contributed by atoms with E-state index in [0.29, 0.717) is 23.3 Å². The molecule has 0 saturated carbocycles. The van der Waals surface area contributed by atoms with Gasteiger partial charge in [0.1, 0.15) is 17.0 Å². The van der Waals surface area contributed by atoms with Gasteiger partial charge in [0.15, 0.2) is 0 Å². The van der Waals surface area contributed by atoms with Crippen LogP contribution < -0.4 is 4.74 Å². The highest BCUT2D eigenvalue weighted by Crippen LogP contribution is 2.51. The summed E-state index contributed by atoms with van der Waals surface area (Å²) >= 11 is 0. The molecule has 0 spiro atoms. The summed E-state index contributed by atoms with van der Waals surface area (Å²) in [5.74, 6) is -0.463. The molecule has 6 heteroatoms. The summed E-state index contributed by atoms with van der Waals surface area (Å²) in [7, 11) is 0. The highest BCUT2D eigenvalue weighted by Gasteiger charge is 2.37. The van der Waals surface area contributed by atoms with Gasteiger partial charge in [-0.25, -0.2) is 0 Å². The van der Waals surface area contributed by atoms with Crippen LogP contribution in [0.5, 0.6) is 5.75 Å². The van der Waals surface area contributed by atoms with Crippen LogP contribution in [0.2, 0.25) is 0 Å². The zero-order chi connectivity index (χ0) is 20.5. The topological polar surface area (TPSA) is 85.2 Å². The molecule has 146 valence electrons. The molecule has 0 radical (unpaired) electrons. The van der Waals surface area contributed by atoms with Crippen LogP contribution in [0.3, 0.4) is 0 Å². The molecule has 0 N–H and O–H groups in total. The molecular formula is C22H24N2O4. The maximum atomic E-state index is 12.3. The van der Waals surface area contributed by atoms with Gasteiger partial charge in [0, 0.05) is 10.7 Å². The summed E-state index contributed by atoms with van der Waals surface area (Å²) < 4.78 is 6.22. The minimum Gasteiger partial charge on any atom is -0.482 e. The number of aryl methyl sites for hydroxylation is 2. The lowest BCUT2D eigenvalue weighted by Crippen LogP contribution is -2.29. The lowest BCUT2D eigenvalue weighted by molar-refractivity contribution is 0.0999. The van der Waals surface area contributed by atoms with Gasteiger partial charge in [-0.3, -0.25) is 4.79 Å². The van der Waals surface area contributed by atoms with Crippen molar-refractivity contribution in [2.45, 2.75) is 59.0 Å². The van der Waals surface area contributed by atoms with Gasteiger partial charge in [0.05, 0.1) is 11.1 Å². The van der Waals surface area contributed by atoms with Crippen molar-refractivity contribution in [2.24, 2.45) is 10.4 Å². The van der Waals surface area contributed by atoms with Gasteiger partial charge in [-0.15, -0.1) is 9.81 Å². The van der Waals surface area contributed by atoms with Gasteiger partial charge >= 0.3 is 5.91 Å². The molecule has 0 fully saturated rings. The van der Waals surface area contributed by atoms with E-state index in [1.807, 2.05) is 39.0 Å². The van der Waals surface area contributed by atoms with Crippen LogP contribution >= 0.6 is 0 Å². The summed E-state index contributed by atoms with van der Waals surface area (Å²) in [6.45, 7) is 7.95. The van der Waals surface area contributed by atoms with Gasteiger partial charge in [0.2, 0.25) is 0 Å². The number of nitroso groups, excluding NO2 is 2. The van der Waals surface area contributed by atoms with E-state index in [4.69, 9.17) is 4.74 Å². The molecule has 1 aliphatic heterocycles. The fourth-order valence-electron chi connectivity index (χ4n) is 3.90. The Morgan fingerprint density at radius 3 is 2.54 bits per heavy atom. The van der Waals surface area contributed by atoms with Gasteiger partial charge in [-0.2, -0.15) is 0 Å². The van der Waals surface area contributed by atoms with Crippen LogP contribution in [0.25, 0.3) is 11.1 Å². The Bertz CT molecular complexity index is 963. The molecule has 28 heavy (non-hydrogen) atoms. The molecule has 1 amide bonds. The zero-order valence-electron chi connectivity index (χ0n) is 16.7. The van der Waals surface area contributed by atoms with Crippen molar-refractivity contribution in [3.05, 3.63) is 56.3 Å². The number of fused-ring (bicyclic) bond motifs is 3. The lowest BCUT2D eigenvalue weighted by atomic mass is 9.82. The zero-order valence-corrected chi connectivity index (χ0v) is 16.7. The average Bonchev–Trinajstić information content (AvgIpc) is 2.65. The summed E-state index contributed by atoms with van der Waals surface area (Å²) in [5.41, 5.74) is 3.06. The molecule has 0 atom stereocenters. The fourth-order valence-corrected chi connectivity index (χ4v) is 3.90. The second-order valence-corrected chi connectivity index (χ2v) is 7.74. The van der Waals surface area contributed by atoms with Crippen LogP contribution in [0.15, 0.2) is 34.6 Å². The first-order chi connectivity index (χ1) is 13.3. The van der Waals surface area contributed by atoms with Crippen LogP contribution in [-0.2, 0) is 12.0 Å². The predicted molar refractivity (Wildman–Crippen MR) is 109 cm³/mol. The van der Waals surface area contributed by atoms with E-state index in [1.54, 1.807) is 6.07 Å². The van der Waals surface area contributed by atoms with E-state index in [-0.39, 0.29) is 11.3 Å². The number of ether oxygens (including phenoxy) is 1. The Hall–Kier alpha value is -2.89. The Morgan fingerprint density at radius 2 is 1.89 bits per heavy atom. The van der Waals surface area contributed by atoms with Crippen molar-refractivity contribution < 1.29 is 9.53 Å². The Labute approximate surface area is 164 Å². The average molecular weight is 380 g/mol. The van der Waals surface area contributed by atoms with Crippen molar-refractivity contribution in [3.8, 4) is 16.9 Å². The van der Waals surface area contributed by atoms with Crippen LogP contribution in [0, 0.1) is 16.7 Å². The van der Waals surface area contributed by atoms with E-state index in [2.05, 4.69) is 17.3 Å². The molecule has 0 bridgehead atoms. The van der Waals surface area contributed by atoms with E-state index in [9.17, 15) is 14.6 Å². The van der Waals surface area contributed by atoms with Crippen molar-refractivity contribution >= 4 is 11.6 Å². The smallest absolute Gasteiger partial charge is 0.319 e. The Kier molecular flexibility index (Phi) is 5.40. The molecule has 0 saturated heterocycles. The SMILES string of the molecule is CCCCCc1cc2c(c(N=O)c1C(=O)N=O)-c1cc(C)ccc1C(C)(C)O2. The second-order valence-electron chi connectivity index (χ2n) is 7.74. The first-order valence-electron chi connectivity index (χ1n) is 9.55. The lowest BCUT2D eigenvalue weighted by Gasteiger charge is -2.36. The molecule has 0 aliphatic carbocycles. The molecule has 1 aliphatic rings. The third-order valence-electron chi connectivity index (χ3n) is 5.24. The maximum Gasteiger partial charge on any atom is 0.319 e. The minimum absolute atomic E-state index is 0.00406. The molecule has 2 aromatic carbocycles. The number of hydrogen-bond acceptors (Lipinski definition) is 5. The van der Waals surface area contributed by atoms with Crippen LogP contribution in [-0.4, -0.2) is 5.91 Å². The number of carbonyl (C=O) groups is 1. The van der Waals surface area contributed by atoms with Crippen LogP contribution in [0.1, 0.15) is 67.1 Å². The van der Waals surface area contributed by atoms with E-state index in [1.165, 1.54) is 0 Å². The fraction of sp³-hybridized carbons (Fsp3) is 0.409. The number of hydrogen-bond donors (Lipinski definition) is 0. The summed E-state index contributed by atoms with van der Waals surface area (Å²) in [6, 6.07) is 7.65. The Morgan fingerprint density at radius 1 is 1.14 bits per heavy atom. The van der Waals surface area contributed by atoms with Crippen molar-refractivity contribution in [1.82, 2.24) is 0 Å². The number of amides is 1. The van der Waals surface area contributed by atoms with Gasteiger partial charge in [0.25, 0.3) is 0 Å². The number of rotatable bonds is 6. The van der Waals surface area contributed by atoms with Crippen molar-refractivity contribution in [1.29, 1.82) is 0 Å². The number of carbonyl (C=O) groups excluding carboxylic acids is 1. The molecule has 1 heterocycles. The van der Waals surface area contributed by atoms with E-state index >= 15 is 0 Å². The van der Waals surface area contributed by atoms with Gasteiger partial charge in [-0.1, -0.05) is 43.5 Å². The summed E-state index contributed by atoms with van der Waals surface area (Å²) in [5, 5.41) is 5.75. The molecular weight excluding hydrogens is 356 g/mol. The highest BCUT2D eigenvalue weighted by molar-refractivity contribution is 6.06. The van der Waals surface area contributed by atoms with E-state index in [0.717, 1.165) is 36.0 Å². The molecule has 2 aromatic rings. The van der Waals surface area contributed by atoms with Crippen LogP contribution in [0.4, 0.5) is 5.69 Å². The minimum atomic E-state index is -0.970. The standard InChI is InChI=1S/C22H24N2O4/c1-5-6-7-8-14-12-17-19(20(23-26)18(14)21(25)24-27)15-11-13(2)9-10-16(15)22(3,4)28-17/h9-12H,5-8H2,1-4H3. The van der Waals surface area contributed by atoms with Crippen molar-refractivity contribution in [2.75, 3.05) is 0 Å². The number of nitrogens with zero attached hydrogens (tertiary/aromatic N) is 2. The Balaban J connectivity index is 2.33. The maximum absolute atomic E-state index is 12.3. The third kappa shape index (κ3) is 3.35. The molecule has 0 aromatic heterocycles. The molecule has 3 rings (SSSR count). The number of benzene rings is 2. The molecule has 6 nitrogen and oxygen atoms in total.